The van der Waals surface area contributed by atoms with Gasteiger partial charge in [0.15, 0.2) is 5.11 Å². The molecular weight excluding hydrogens is 270 g/mol. The summed E-state index contributed by atoms with van der Waals surface area (Å²) in [6.45, 7) is 9.11. The third kappa shape index (κ3) is 6.33. The van der Waals surface area contributed by atoms with Crippen molar-refractivity contribution in [3.8, 4) is 5.75 Å². The molecule has 1 aromatic rings. The molecule has 1 rings (SSSR count). The van der Waals surface area contributed by atoms with E-state index in [4.69, 9.17) is 17.0 Å². The van der Waals surface area contributed by atoms with Gasteiger partial charge in [-0.05, 0) is 30.3 Å². The van der Waals surface area contributed by atoms with Crippen LogP contribution >= 0.6 is 12.2 Å². The number of para-hydroxylation sites is 1. The van der Waals surface area contributed by atoms with E-state index in [0.29, 0.717) is 24.2 Å². The molecule has 2 N–H and O–H groups in total. The maximum Gasteiger partial charge on any atom is 0.187 e. The lowest BCUT2D eigenvalue weighted by atomic mass is 10.2. The fourth-order valence-electron chi connectivity index (χ4n) is 1.34. The molecule has 108 valence electrons. The normalized spacial score (nSPS) is 10.6. The quantitative estimate of drug-likeness (QED) is 0.351. The molecule has 0 spiro atoms. The highest BCUT2D eigenvalue weighted by molar-refractivity contribution is 7.80. The minimum Gasteiger partial charge on any atom is -0.493 e. The lowest BCUT2D eigenvalue weighted by Gasteiger charge is -2.10. The minimum atomic E-state index is 0.460. The van der Waals surface area contributed by atoms with Crippen LogP contribution in [-0.4, -0.2) is 24.5 Å². The molecule has 20 heavy (non-hydrogen) atoms. The van der Waals surface area contributed by atoms with E-state index in [1.54, 1.807) is 12.3 Å². The number of nitrogens with zero attached hydrogens (tertiary/aromatic N) is 1. The lowest BCUT2D eigenvalue weighted by Crippen LogP contribution is -2.31. The van der Waals surface area contributed by atoms with Gasteiger partial charge < -0.3 is 10.1 Å². The summed E-state index contributed by atoms with van der Waals surface area (Å²) >= 11 is 5.04. The molecule has 1 aromatic carbocycles. The van der Waals surface area contributed by atoms with Gasteiger partial charge in [-0.1, -0.05) is 32.1 Å². The van der Waals surface area contributed by atoms with E-state index < -0.39 is 0 Å². The first-order chi connectivity index (χ1) is 9.63. The lowest BCUT2D eigenvalue weighted by molar-refractivity contribution is 0.270. The Morgan fingerprint density at radius 2 is 2.20 bits per heavy atom. The maximum atomic E-state index is 5.74. The van der Waals surface area contributed by atoms with Crippen LogP contribution in [0.5, 0.6) is 5.75 Å². The number of hydrogen-bond acceptors (Lipinski definition) is 3. The zero-order valence-corrected chi connectivity index (χ0v) is 12.7. The molecule has 0 heterocycles. The summed E-state index contributed by atoms with van der Waals surface area (Å²) in [5.41, 5.74) is 3.65. The van der Waals surface area contributed by atoms with Crippen molar-refractivity contribution in [3.05, 3.63) is 42.5 Å². The van der Waals surface area contributed by atoms with Crippen LogP contribution < -0.4 is 15.5 Å². The second kappa shape index (κ2) is 9.09. The summed E-state index contributed by atoms with van der Waals surface area (Å²) in [6.07, 6.45) is 3.42. The summed E-state index contributed by atoms with van der Waals surface area (Å²) in [5.74, 6) is 1.30. The van der Waals surface area contributed by atoms with E-state index in [1.165, 1.54) is 0 Å². The SMILES string of the molecule is C=CCNC(=S)N/N=C\c1ccccc1OCC(C)C. The maximum absolute atomic E-state index is 5.74. The van der Waals surface area contributed by atoms with Crippen molar-refractivity contribution in [3.63, 3.8) is 0 Å². The van der Waals surface area contributed by atoms with E-state index in [-0.39, 0.29) is 0 Å². The summed E-state index contributed by atoms with van der Waals surface area (Å²) in [6, 6.07) is 7.76. The van der Waals surface area contributed by atoms with E-state index in [2.05, 4.69) is 36.3 Å². The Morgan fingerprint density at radius 3 is 2.90 bits per heavy atom. The molecule has 0 aliphatic heterocycles. The van der Waals surface area contributed by atoms with Crippen LogP contribution in [0.3, 0.4) is 0 Å². The number of thiocarbonyl (C=S) groups is 1. The number of hydrazone groups is 1. The van der Waals surface area contributed by atoms with Crippen LogP contribution in [0, 0.1) is 5.92 Å². The predicted octanol–water partition coefficient (Wildman–Crippen LogP) is 2.71. The second-order valence-corrected chi connectivity index (χ2v) is 5.02. The molecule has 0 bridgehead atoms. The van der Waals surface area contributed by atoms with Crippen LogP contribution in [0.2, 0.25) is 0 Å². The topological polar surface area (TPSA) is 45.7 Å². The van der Waals surface area contributed by atoms with Crippen LogP contribution in [0.4, 0.5) is 0 Å². The van der Waals surface area contributed by atoms with Gasteiger partial charge in [-0.3, -0.25) is 5.43 Å². The van der Waals surface area contributed by atoms with E-state index in [9.17, 15) is 0 Å². The standard InChI is InChI=1S/C15H21N3OS/c1-4-9-16-15(20)18-17-10-13-7-5-6-8-14(13)19-11-12(2)3/h4-8,10,12H,1,9,11H2,2-3H3,(H2,16,18,20)/b17-10-. The predicted molar refractivity (Wildman–Crippen MR) is 88.3 cm³/mol. The summed E-state index contributed by atoms with van der Waals surface area (Å²) in [5, 5.41) is 7.48. The van der Waals surface area contributed by atoms with Gasteiger partial charge in [-0.15, -0.1) is 6.58 Å². The number of rotatable bonds is 7. The van der Waals surface area contributed by atoms with Gasteiger partial charge in [0.2, 0.25) is 0 Å². The van der Waals surface area contributed by atoms with Gasteiger partial charge in [-0.2, -0.15) is 5.10 Å². The van der Waals surface area contributed by atoms with Crippen molar-refractivity contribution in [1.82, 2.24) is 10.7 Å². The van der Waals surface area contributed by atoms with Crippen molar-refractivity contribution in [2.24, 2.45) is 11.0 Å². The van der Waals surface area contributed by atoms with E-state index >= 15 is 0 Å². The van der Waals surface area contributed by atoms with Crippen LogP contribution in [0.1, 0.15) is 19.4 Å². The Labute approximate surface area is 125 Å². The summed E-state index contributed by atoms with van der Waals surface area (Å²) in [7, 11) is 0. The monoisotopic (exact) mass is 291 g/mol. The van der Waals surface area contributed by atoms with Crippen LogP contribution in [-0.2, 0) is 0 Å². The highest BCUT2D eigenvalue weighted by Crippen LogP contribution is 2.16. The Bertz CT molecular complexity index is 472. The van der Waals surface area contributed by atoms with Crippen LogP contribution in [0.15, 0.2) is 42.0 Å². The Hall–Kier alpha value is -1.88. The smallest absolute Gasteiger partial charge is 0.187 e. The molecule has 0 atom stereocenters. The third-order valence-electron chi connectivity index (χ3n) is 2.27. The van der Waals surface area contributed by atoms with Gasteiger partial charge in [-0.25, -0.2) is 0 Å². The third-order valence-corrected chi connectivity index (χ3v) is 2.50. The minimum absolute atomic E-state index is 0.460. The van der Waals surface area contributed by atoms with Gasteiger partial charge >= 0.3 is 0 Å². The number of hydrogen-bond donors (Lipinski definition) is 2. The van der Waals surface area contributed by atoms with Crippen molar-refractivity contribution in [2.75, 3.05) is 13.2 Å². The Morgan fingerprint density at radius 1 is 1.45 bits per heavy atom. The average Bonchev–Trinajstić information content (AvgIpc) is 2.44. The van der Waals surface area contributed by atoms with Crippen molar-refractivity contribution in [1.29, 1.82) is 0 Å². The summed E-state index contributed by atoms with van der Waals surface area (Å²) < 4.78 is 5.74. The molecular formula is C15H21N3OS. The number of benzene rings is 1. The first kappa shape index (κ1) is 16.2. The summed E-state index contributed by atoms with van der Waals surface area (Å²) in [4.78, 5) is 0. The van der Waals surface area contributed by atoms with Gasteiger partial charge in [0.25, 0.3) is 0 Å². The van der Waals surface area contributed by atoms with Gasteiger partial charge in [0, 0.05) is 12.1 Å². The molecule has 0 aliphatic carbocycles. The molecule has 0 saturated carbocycles. The largest absolute Gasteiger partial charge is 0.493 e. The number of ether oxygens (including phenoxy) is 1. The first-order valence-corrected chi connectivity index (χ1v) is 6.94. The molecule has 0 saturated heterocycles. The zero-order chi connectivity index (χ0) is 14.8. The molecule has 0 radical (unpaired) electrons. The fraction of sp³-hybridized carbons (Fsp3) is 0.333. The molecule has 4 nitrogen and oxygen atoms in total. The van der Waals surface area contributed by atoms with Crippen LogP contribution in [0.25, 0.3) is 0 Å². The highest BCUT2D eigenvalue weighted by atomic mass is 32.1. The molecule has 0 aromatic heterocycles. The van der Waals surface area contributed by atoms with Crippen molar-refractivity contribution >= 4 is 23.5 Å². The molecule has 0 unspecified atom stereocenters. The number of nitrogens with one attached hydrogen (secondary N) is 2. The average molecular weight is 291 g/mol. The molecule has 0 amide bonds. The Kier molecular flexibility index (Phi) is 7.35. The van der Waals surface area contributed by atoms with E-state index in [1.807, 2.05) is 24.3 Å². The van der Waals surface area contributed by atoms with Gasteiger partial charge in [0.1, 0.15) is 5.75 Å². The van der Waals surface area contributed by atoms with E-state index in [0.717, 1.165) is 11.3 Å². The molecule has 0 fully saturated rings. The van der Waals surface area contributed by atoms with Gasteiger partial charge in [0.05, 0.1) is 12.8 Å². The zero-order valence-electron chi connectivity index (χ0n) is 11.9. The van der Waals surface area contributed by atoms with Crippen molar-refractivity contribution in [2.45, 2.75) is 13.8 Å². The Balaban J connectivity index is 2.57. The first-order valence-electron chi connectivity index (χ1n) is 6.53. The molecule has 5 heteroatoms. The highest BCUT2D eigenvalue weighted by Gasteiger charge is 2.02. The fourth-order valence-corrected chi connectivity index (χ4v) is 1.48. The second-order valence-electron chi connectivity index (χ2n) is 4.61. The van der Waals surface area contributed by atoms with Crippen molar-refractivity contribution < 1.29 is 4.74 Å². The molecule has 0 aliphatic rings.